The summed E-state index contributed by atoms with van der Waals surface area (Å²) in [6.07, 6.45) is -10.3. The Morgan fingerprint density at radius 1 is 0.415 bits per heavy atom. The number of unbranched alkanes of at least 4 members (excludes halogenated alkanes) is 30. The van der Waals surface area contributed by atoms with Crippen molar-refractivity contribution >= 4 is 41.5 Å². The van der Waals surface area contributed by atoms with E-state index < -0.39 is 283 Å². The van der Waals surface area contributed by atoms with Gasteiger partial charge in [-0.2, -0.15) is 0 Å². The number of carbonyl (C=O) groups excluding carboxylic acids is 4. The van der Waals surface area contributed by atoms with E-state index in [1.165, 1.54) is 134 Å². The molecule has 130 heavy (non-hydrogen) atoms. The highest BCUT2D eigenvalue weighted by molar-refractivity contribution is 5.79. The van der Waals surface area contributed by atoms with Gasteiger partial charge in [0.05, 0.1) is 88.2 Å². The Kier molecular flexibility index (Phi) is 53.4. The van der Waals surface area contributed by atoms with Crippen molar-refractivity contribution < 1.29 is 183 Å². The van der Waals surface area contributed by atoms with E-state index in [1.54, 1.807) is 6.08 Å². The molecule has 0 aliphatic carbocycles. The summed E-state index contributed by atoms with van der Waals surface area (Å²) in [5, 5.41) is 235. The van der Waals surface area contributed by atoms with Gasteiger partial charge in [0.25, 0.3) is 17.4 Å². The van der Waals surface area contributed by atoms with E-state index in [0.29, 0.717) is 12.8 Å². The minimum Gasteiger partial charge on any atom is -0.477 e. The highest BCUT2D eigenvalue weighted by Gasteiger charge is 2.64. The van der Waals surface area contributed by atoms with Crippen LogP contribution in [-0.2, 0) is 80.9 Å². The van der Waals surface area contributed by atoms with Gasteiger partial charge >= 0.3 is 17.9 Å². The summed E-state index contributed by atoms with van der Waals surface area (Å²) in [6, 6.07) is -7.03. The van der Waals surface area contributed by atoms with E-state index in [-0.39, 0.29) is 6.42 Å². The third kappa shape index (κ3) is 36.0. The van der Waals surface area contributed by atoms with Gasteiger partial charge in [-0.25, -0.2) is 14.4 Å². The minimum absolute atomic E-state index is 0.120. The molecular formula is C89H156N4O37. The fraction of sp³-hybridized carbons (Fsp3) is 0.876. The number of nitrogens with one attached hydrogen (secondary N) is 4. The van der Waals surface area contributed by atoms with Gasteiger partial charge in [-0.15, -0.1) is 0 Å². The lowest BCUT2D eigenvalue weighted by molar-refractivity contribution is -0.388. The molecule has 3 unspecified atom stereocenters. The van der Waals surface area contributed by atoms with Crippen molar-refractivity contribution in [1.29, 1.82) is 0 Å². The fourth-order valence-corrected chi connectivity index (χ4v) is 17.2. The van der Waals surface area contributed by atoms with Crippen molar-refractivity contribution in [2.45, 2.75) is 454 Å². The number of allylic oxidation sites excluding steroid dienone is 3. The Bertz CT molecular complexity index is 3300. The number of ether oxygens (including phenoxy) is 10. The molecule has 0 aromatic heterocycles. The summed E-state index contributed by atoms with van der Waals surface area (Å²) in [5.74, 6) is -20.6. The number of hydrogen-bond donors (Lipinski definition) is 24. The Hall–Kier alpha value is -5.31. The van der Waals surface area contributed by atoms with Crippen LogP contribution in [0.4, 0.5) is 0 Å². The largest absolute Gasteiger partial charge is 0.477 e. The highest BCUT2D eigenvalue weighted by atomic mass is 16.8. The van der Waals surface area contributed by atoms with Crippen molar-refractivity contribution in [3.8, 4) is 0 Å². The summed E-state index contributed by atoms with van der Waals surface area (Å²) in [7, 11) is 0. The van der Waals surface area contributed by atoms with Crippen molar-refractivity contribution in [1.82, 2.24) is 21.3 Å². The van der Waals surface area contributed by atoms with Gasteiger partial charge in [-0.3, -0.25) is 19.2 Å². The zero-order valence-electron chi connectivity index (χ0n) is 76.2. The summed E-state index contributed by atoms with van der Waals surface area (Å²) in [4.78, 5) is 92.3. The van der Waals surface area contributed by atoms with Crippen LogP contribution in [0.25, 0.3) is 0 Å². The van der Waals surface area contributed by atoms with Gasteiger partial charge in [0.1, 0.15) is 104 Å². The number of rotatable bonds is 66. The maximum absolute atomic E-state index is 13.9. The van der Waals surface area contributed by atoms with Crippen molar-refractivity contribution in [2.24, 2.45) is 0 Å². The third-order valence-electron chi connectivity index (χ3n) is 24.6. The van der Waals surface area contributed by atoms with Crippen LogP contribution in [0.5, 0.6) is 0 Å². The van der Waals surface area contributed by atoms with Crippen LogP contribution < -0.4 is 21.3 Å². The Morgan fingerprint density at radius 2 is 0.777 bits per heavy atom. The van der Waals surface area contributed by atoms with Crippen LogP contribution in [-0.4, -0.2) is 366 Å². The standard InChI is InChI=1S/C89H156N4O37/c1-6-8-10-12-14-16-18-20-21-22-23-24-25-26-27-28-29-31-33-35-37-39-41-43-66(107)93-56(57(102)42-40-38-36-34-32-30-19-17-15-13-11-9-7-2)52-121-82-75(113)74(112)77(65(51-98)123-82)124-83-76(114)81(71(109)62(48-95)122-83)130-89(86(119)120)46-60(105)69(92-55(5)101)80(129-89)73(111)64(50-97)126-88(85(117)118)45-59(104)68(91-54(4)100)79(128-88)72(110)63(49-96)125-87(84(115)116)44-58(103)67(90-53(3)99)78(127-87)70(108)61(106)47-94/h20-21,40,42,56-65,67-83,94-98,102-106,108-114H,6-19,22-39,41,43-52H2,1-5H3,(H,90,99)(H,91,100)(H,92,101)(H,93,107)(H,115,116)(H,117,118)(H,119,120)/b21-20-,42-40+/t56-,57+,58-,59-,60-,61+,62+,63+,64+,65+,67+,68+,69+,70+,71-,72+,73+,74+,75+,76+,77+,78?,79?,80?,81-,82+,83-,87+,88+,89-/m0/s1. The van der Waals surface area contributed by atoms with E-state index in [0.717, 1.165) is 91.4 Å². The quantitative estimate of drug-likeness (QED) is 0.0290. The molecule has 0 radical (unpaired) electrons. The molecule has 5 heterocycles. The average molecular weight is 1870 g/mol. The predicted molar refractivity (Wildman–Crippen MR) is 461 cm³/mol. The summed E-state index contributed by atoms with van der Waals surface area (Å²) < 4.78 is 58.3. The smallest absolute Gasteiger partial charge is 0.364 e. The molecule has 30 atom stereocenters. The number of carboxylic acids is 3. The van der Waals surface area contributed by atoms with Crippen LogP contribution in [0.15, 0.2) is 24.3 Å². The second-order valence-electron chi connectivity index (χ2n) is 35.3. The number of carbonyl (C=O) groups is 7. The number of aliphatic hydroxyl groups excluding tert-OH is 17. The fourth-order valence-electron chi connectivity index (χ4n) is 17.2. The van der Waals surface area contributed by atoms with Crippen molar-refractivity contribution in [3.63, 3.8) is 0 Å². The van der Waals surface area contributed by atoms with Crippen LogP contribution in [0.3, 0.4) is 0 Å². The molecule has 4 amide bonds. The Labute approximate surface area is 761 Å². The molecule has 0 bridgehead atoms. The van der Waals surface area contributed by atoms with Gasteiger partial charge in [0, 0.05) is 46.5 Å². The van der Waals surface area contributed by atoms with Crippen LogP contribution in [0.2, 0.25) is 0 Å². The van der Waals surface area contributed by atoms with Gasteiger partial charge in [0.15, 0.2) is 12.6 Å². The highest BCUT2D eigenvalue weighted by Crippen LogP contribution is 2.43. The van der Waals surface area contributed by atoms with E-state index >= 15 is 0 Å². The van der Waals surface area contributed by atoms with Gasteiger partial charge in [-0.1, -0.05) is 205 Å². The average Bonchev–Trinajstić information content (AvgIpc) is 0.748. The van der Waals surface area contributed by atoms with E-state index in [2.05, 4.69) is 47.3 Å². The molecule has 754 valence electrons. The first kappa shape index (κ1) is 115. The maximum atomic E-state index is 13.9. The lowest BCUT2D eigenvalue weighted by Gasteiger charge is -2.51. The molecule has 0 aromatic carbocycles. The third-order valence-corrected chi connectivity index (χ3v) is 24.6. The molecule has 5 saturated heterocycles. The normalized spacial score (nSPS) is 31.5. The van der Waals surface area contributed by atoms with E-state index in [1.807, 2.05) is 0 Å². The van der Waals surface area contributed by atoms with Crippen molar-refractivity contribution in [3.05, 3.63) is 24.3 Å². The molecule has 0 spiro atoms. The zero-order valence-corrected chi connectivity index (χ0v) is 76.2. The SMILES string of the molecule is CCCCCCCC/C=C\CCCCCCCCCCCCCCCC(=O)N[C@@H](CO[C@@H]1O[C@H](CO)[C@@H](O[C@@H]2O[C@H](CO)[C@H](O)[C@H](O[C@]3(C(=O)O)C[C@H](O)[C@@H](NC(C)=O)C([C@H](O)[C@@H](CO)O[C@]4(C(=O)O)C[C@H](O)[C@@H](NC(C)=O)C([C@H](O)[C@@H](CO)O[C@]5(C(=O)O)C[C@H](O)[C@@H](NC(C)=O)C([C@H](O)[C@H](O)CO)O5)O4)O3)[C@H]2O)[C@H](O)[C@H]1O)[C@H](O)/C=C/CCCCCCCCCCCCC. The second kappa shape index (κ2) is 60.3. The molecule has 0 aromatic rings. The van der Waals surface area contributed by atoms with Crippen LogP contribution in [0, 0.1) is 0 Å². The molecular weight excluding hydrogens is 1720 g/mol. The lowest BCUT2D eigenvalue weighted by atomic mass is 9.86. The molecule has 24 N–H and O–H groups in total. The lowest BCUT2D eigenvalue weighted by Crippen LogP contribution is -2.72. The molecule has 5 aliphatic heterocycles. The Balaban J connectivity index is 1.30. The van der Waals surface area contributed by atoms with Crippen LogP contribution in [0.1, 0.15) is 272 Å². The molecule has 5 aliphatic rings. The van der Waals surface area contributed by atoms with E-state index in [9.17, 15) is 136 Å². The number of carboxylic acid groups (broad SMARTS) is 3. The summed E-state index contributed by atoms with van der Waals surface area (Å²) >= 11 is 0. The van der Waals surface area contributed by atoms with E-state index in [4.69, 9.17) is 47.4 Å². The molecule has 5 fully saturated rings. The first-order valence-corrected chi connectivity index (χ1v) is 47.0. The topological polar surface area (TPSA) is 665 Å². The maximum Gasteiger partial charge on any atom is 0.364 e. The first-order chi connectivity index (χ1) is 62.0. The number of aliphatic carboxylic acids is 3. The summed E-state index contributed by atoms with van der Waals surface area (Å²) in [5.41, 5.74) is 0. The van der Waals surface area contributed by atoms with Gasteiger partial charge < -0.3 is 171 Å². The minimum atomic E-state index is -3.58. The molecule has 5 rings (SSSR count). The predicted octanol–water partition coefficient (Wildman–Crippen LogP) is 0.410. The zero-order chi connectivity index (χ0) is 96.3. The molecule has 0 saturated carbocycles. The van der Waals surface area contributed by atoms with Gasteiger partial charge in [-0.05, 0) is 44.9 Å². The molecule has 41 nitrogen and oxygen atoms in total. The monoisotopic (exact) mass is 1870 g/mol. The summed E-state index contributed by atoms with van der Waals surface area (Å²) in [6.45, 7) is -0.0552. The second-order valence-corrected chi connectivity index (χ2v) is 35.3. The van der Waals surface area contributed by atoms with Crippen molar-refractivity contribution in [2.75, 3.05) is 39.6 Å². The Morgan fingerprint density at radius 3 is 1.15 bits per heavy atom. The van der Waals surface area contributed by atoms with Gasteiger partial charge in [0.2, 0.25) is 23.6 Å². The first-order valence-electron chi connectivity index (χ1n) is 47.0. The number of aliphatic hydroxyl groups is 17. The molecule has 41 heteroatoms. The number of hydrogen-bond acceptors (Lipinski definition) is 34. The van der Waals surface area contributed by atoms with Crippen LogP contribution >= 0.6 is 0 Å². The number of amides is 4.